The lowest BCUT2D eigenvalue weighted by Crippen LogP contribution is -2.29. The molecule has 0 radical (unpaired) electrons. The summed E-state index contributed by atoms with van der Waals surface area (Å²) in [6, 6.07) is 12.6. The monoisotopic (exact) mass is 455 g/mol. The zero-order chi connectivity index (χ0) is 22.7. The van der Waals surface area contributed by atoms with Crippen LogP contribution in [-0.4, -0.2) is 29.7 Å². The zero-order valence-electron chi connectivity index (χ0n) is 18.6. The van der Waals surface area contributed by atoms with Gasteiger partial charge in [0.05, 0.1) is 10.9 Å². The van der Waals surface area contributed by atoms with E-state index in [1.165, 1.54) is 5.56 Å². The fourth-order valence-corrected chi connectivity index (χ4v) is 5.11. The number of benzene rings is 2. The predicted molar refractivity (Wildman–Crippen MR) is 124 cm³/mol. The maximum absolute atomic E-state index is 12.9. The smallest absolute Gasteiger partial charge is 0.322 e. The number of hydrogen-bond donors (Lipinski definition) is 2. The molecule has 3 aromatic rings. The molecule has 2 N–H and O–H groups in total. The van der Waals surface area contributed by atoms with Crippen LogP contribution in [0.2, 0.25) is 0 Å². The summed E-state index contributed by atoms with van der Waals surface area (Å²) >= 11 is 0. The highest BCUT2D eigenvalue weighted by Crippen LogP contribution is 2.30. The van der Waals surface area contributed by atoms with E-state index in [1.807, 2.05) is 37.3 Å². The molecule has 1 aromatic heterocycles. The first-order valence-electron chi connectivity index (χ1n) is 11.0. The Morgan fingerprint density at radius 1 is 1.16 bits per heavy atom. The number of sulfonamides is 1. The predicted octanol–water partition coefficient (Wildman–Crippen LogP) is 4.05. The Bertz CT molecular complexity index is 1190. The molecule has 9 heteroatoms. The summed E-state index contributed by atoms with van der Waals surface area (Å²) in [6.45, 7) is 7.25. The maximum Gasteiger partial charge on any atom is 0.322 e. The highest BCUT2D eigenvalue weighted by atomic mass is 32.2. The number of ether oxygens (including phenoxy) is 1. The minimum atomic E-state index is -3.70. The molecule has 2 aromatic carbocycles. The molecule has 1 aliphatic rings. The summed E-state index contributed by atoms with van der Waals surface area (Å²) in [5.74, 6) is 1.15. The van der Waals surface area contributed by atoms with Crippen molar-refractivity contribution in [2.24, 2.45) is 0 Å². The normalized spacial score (nSPS) is 14.1. The fourth-order valence-electron chi connectivity index (χ4n) is 3.91. The van der Waals surface area contributed by atoms with Crippen molar-refractivity contribution < 1.29 is 13.2 Å². The number of nitrogens with one attached hydrogen (secondary N) is 2. The van der Waals surface area contributed by atoms with Crippen molar-refractivity contribution in [3.8, 4) is 11.8 Å². The minimum absolute atomic E-state index is 0.230. The second kappa shape index (κ2) is 9.30. The van der Waals surface area contributed by atoms with E-state index in [0.29, 0.717) is 24.1 Å². The van der Waals surface area contributed by atoms with Gasteiger partial charge in [-0.3, -0.25) is 4.57 Å². The average Bonchev–Trinajstić information content (AvgIpc) is 3.40. The molecule has 0 spiro atoms. The molecule has 4 rings (SSSR count). The molecule has 32 heavy (non-hydrogen) atoms. The molecular formula is C23H29N5O3S. The van der Waals surface area contributed by atoms with Gasteiger partial charge in [-0.1, -0.05) is 36.6 Å². The van der Waals surface area contributed by atoms with Crippen LogP contribution in [0, 0.1) is 0 Å². The maximum atomic E-state index is 12.9. The molecule has 0 aliphatic carbocycles. The quantitative estimate of drug-likeness (QED) is 0.505. The van der Waals surface area contributed by atoms with Gasteiger partial charge in [-0.25, -0.2) is 13.1 Å². The van der Waals surface area contributed by atoms with Crippen molar-refractivity contribution in [3.63, 3.8) is 0 Å². The Balaban J connectivity index is 1.51. The number of aryl methyl sites for hydroxylation is 1. The lowest BCUT2D eigenvalue weighted by atomic mass is 10.1. The Morgan fingerprint density at radius 3 is 2.66 bits per heavy atom. The Hall–Kier alpha value is -2.91. The number of rotatable bonds is 9. The van der Waals surface area contributed by atoms with Crippen LogP contribution in [0.15, 0.2) is 47.4 Å². The van der Waals surface area contributed by atoms with Crippen LogP contribution in [0.5, 0.6) is 11.8 Å². The molecule has 170 valence electrons. The van der Waals surface area contributed by atoms with Crippen LogP contribution in [0.25, 0.3) is 0 Å². The molecule has 0 fully saturated rings. The third kappa shape index (κ3) is 4.63. The number of fused-ring (bicyclic) bond motifs is 1. The number of aromatic nitrogens is 3. The standard InChI is InChI=1S/C23H29N5O3S/c1-4-6-17-7-11-20(12-8-17)32(29,30)27-16(3)22-25-26-23(28(22)5-2)31-19-10-9-18-13-14-24-21(18)15-19/h7-12,15-16,24,27H,4-6,13-14H2,1-3H3/t16-/m1/s1. The van der Waals surface area contributed by atoms with Crippen LogP contribution in [0.1, 0.15) is 50.2 Å². The molecule has 0 unspecified atom stereocenters. The van der Waals surface area contributed by atoms with Gasteiger partial charge in [-0.2, -0.15) is 0 Å². The summed E-state index contributed by atoms with van der Waals surface area (Å²) in [4.78, 5) is 0.230. The van der Waals surface area contributed by atoms with E-state index in [4.69, 9.17) is 4.74 Å². The van der Waals surface area contributed by atoms with Crippen molar-refractivity contribution in [2.45, 2.75) is 57.5 Å². The van der Waals surface area contributed by atoms with Crippen LogP contribution in [0.4, 0.5) is 5.69 Å². The summed E-state index contributed by atoms with van der Waals surface area (Å²) < 4.78 is 36.2. The SMILES string of the molecule is CCCc1ccc(S(=O)(=O)N[C@H](C)c2nnc(Oc3ccc4c(c3)NCC4)n2CC)cc1. The zero-order valence-corrected chi connectivity index (χ0v) is 19.4. The number of anilines is 1. The van der Waals surface area contributed by atoms with E-state index in [-0.39, 0.29) is 4.90 Å². The van der Waals surface area contributed by atoms with Crippen molar-refractivity contribution in [1.29, 1.82) is 0 Å². The molecule has 0 saturated heterocycles. The molecule has 1 atom stereocenters. The van der Waals surface area contributed by atoms with Crippen LogP contribution >= 0.6 is 0 Å². The molecule has 8 nitrogen and oxygen atoms in total. The second-order valence-corrected chi connectivity index (χ2v) is 9.63. The summed E-state index contributed by atoms with van der Waals surface area (Å²) in [7, 11) is -3.70. The van der Waals surface area contributed by atoms with E-state index >= 15 is 0 Å². The van der Waals surface area contributed by atoms with E-state index in [9.17, 15) is 8.42 Å². The van der Waals surface area contributed by atoms with Gasteiger partial charge in [0.15, 0.2) is 5.82 Å². The first-order valence-corrected chi connectivity index (χ1v) is 12.5. The van der Waals surface area contributed by atoms with E-state index in [1.54, 1.807) is 23.6 Å². The summed E-state index contributed by atoms with van der Waals surface area (Å²) in [6.07, 6.45) is 2.94. The summed E-state index contributed by atoms with van der Waals surface area (Å²) in [5.41, 5.74) is 3.45. The number of hydrogen-bond acceptors (Lipinski definition) is 6. The molecule has 1 aliphatic heterocycles. The molecule has 0 bridgehead atoms. The topological polar surface area (TPSA) is 98.1 Å². The van der Waals surface area contributed by atoms with Gasteiger partial charge >= 0.3 is 6.01 Å². The van der Waals surface area contributed by atoms with E-state index in [2.05, 4.69) is 27.2 Å². The van der Waals surface area contributed by atoms with Gasteiger partial charge < -0.3 is 10.1 Å². The van der Waals surface area contributed by atoms with E-state index < -0.39 is 16.1 Å². The second-order valence-electron chi connectivity index (χ2n) is 7.92. The van der Waals surface area contributed by atoms with Gasteiger partial charge in [-0.15, -0.1) is 5.10 Å². The van der Waals surface area contributed by atoms with Crippen molar-refractivity contribution in [1.82, 2.24) is 19.5 Å². The lowest BCUT2D eigenvalue weighted by Gasteiger charge is -2.15. The summed E-state index contributed by atoms with van der Waals surface area (Å²) in [5, 5.41) is 11.7. The van der Waals surface area contributed by atoms with Gasteiger partial charge in [0.1, 0.15) is 5.75 Å². The third-order valence-corrected chi connectivity index (χ3v) is 7.11. The van der Waals surface area contributed by atoms with Crippen molar-refractivity contribution >= 4 is 15.7 Å². The average molecular weight is 456 g/mol. The largest absolute Gasteiger partial charge is 0.424 e. The molecule has 0 amide bonds. The Morgan fingerprint density at radius 2 is 1.94 bits per heavy atom. The minimum Gasteiger partial charge on any atom is -0.424 e. The first kappa shape index (κ1) is 22.3. The lowest BCUT2D eigenvalue weighted by molar-refractivity contribution is 0.408. The number of nitrogens with zero attached hydrogens (tertiary/aromatic N) is 3. The van der Waals surface area contributed by atoms with Crippen LogP contribution in [-0.2, 0) is 29.4 Å². The van der Waals surface area contributed by atoms with Crippen molar-refractivity contribution in [3.05, 3.63) is 59.4 Å². The van der Waals surface area contributed by atoms with Crippen LogP contribution < -0.4 is 14.8 Å². The van der Waals surface area contributed by atoms with Gasteiger partial charge in [0.25, 0.3) is 0 Å². The molecule has 0 saturated carbocycles. The Labute approximate surface area is 189 Å². The molecular weight excluding hydrogens is 426 g/mol. The first-order chi connectivity index (χ1) is 15.4. The third-order valence-electron chi connectivity index (χ3n) is 5.55. The van der Waals surface area contributed by atoms with Gasteiger partial charge in [0, 0.05) is 24.8 Å². The van der Waals surface area contributed by atoms with Gasteiger partial charge in [0.2, 0.25) is 10.0 Å². The van der Waals surface area contributed by atoms with Crippen LogP contribution in [0.3, 0.4) is 0 Å². The highest BCUT2D eigenvalue weighted by molar-refractivity contribution is 7.89. The van der Waals surface area contributed by atoms with E-state index in [0.717, 1.165) is 37.1 Å². The highest BCUT2D eigenvalue weighted by Gasteiger charge is 2.24. The van der Waals surface area contributed by atoms with Crippen molar-refractivity contribution in [2.75, 3.05) is 11.9 Å². The molecule has 2 heterocycles. The Kier molecular flexibility index (Phi) is 6.48. The van der Waals surface area contributed by atoms with Gasteiger partial charge in [-0.05, 0) is 56.0 Å². The fraction of sp³-hybridized carbons (Fsp3) is 0.391.